The van der Waals surface area contributed by atoms with Crippen LogP contribution in [0.25, 0.3) is 0 Å². The molecule has 5 nitrogen and oxygen atoms in total. The number of amides is 1. The van der Waals surface area contributed by atoms with Crippen molar-refractivity contribution in [3.05, 3.63) is 34.4 Å². The van der Waals surface area contributed by atoms with Crippen LogP contribution in [0.5, 0.6) is 0 Å². The highest BCUT2D eigenvalue weighted by atomic mass is 16.3. The van der Waals surface area contributed by atoms with Gasteiger partial charge in [0, 0.05) is 39.3 Å². The van der Waals surface area contributed by atoms with Gasteiger partial charge >= 0.3 is 0 Å². The molecule has 1 amide bonds. The van der Waals surface area contributed by atoms with Crippen LogP contribution in [0.2, 0.25) is 0 Å². The Morgan fingerprint density at radius 1 is 1.08 bits per heavy atom. The molecule has 24 heavy (non-hydrogen) atoms. The first kappa shape index (κ1) is 18.9. The Morgan fingerprint density at radius 2 is 1.67 bits per heavy atom. The number of aliphatic hydroxyl groups is 1. The summed E-state index contributed by atoms with van der Waals surface area (Å²) in [6.07, 6.45) is 0.883. The van der Waals surface area contributed by atoms with Gasteiger partial charge in [0.2, 0.25) is 5.91 Å². The molecule has 1 fully saturated rings. The number of rotatable bonds is 7. The second kappa shape index (κ2) is 9.16. The largest absolute Gasteiger partial charge is 0.395 e. The van der Waals surface area contributed by atoms with Crippen molar-refractivity contribution in [1.82, 2.24) is 15.1 Å². The van der Waals surface area contributed by atoms with Crippen LogP contribution in [0.1, 0.15) is 22.3 Å². The molecule has 1 heterocycles. The van der Waals surface area contributed by atoms with Crippen LogP contribution in [0.4, 0.5) is 0 Å². The number of hydrogen-bond donors (Lipinski definition) is 2. The lowest BCUT2D eigenvalue weighted by Crippen LogP contribution is -2.50. The van der Waals surface area contributed by atoms with E-state index in [0.29, 0.717) is 13.1 Å². The number of carbonyl (C=O) groups is 1. The van der Waals surface area contributed by atoms with Gasteiger partial charge in [-0.15, -0.1) is 0 Å². The fourth-order valence-corrected chi connectivity index (χ4v) is 3.50. The van der Waals surface area contributed by atoms with E-state index in [9.17, 15) is 4.79 Å². The topological polar surface area (TPSA) is 55.8 Å². The summed E-state index contributed by atoms with van der Waals surface area (Å²) < 4.78 is 0. The molecule has 1 aliphatic heterocycles. The molecule has 0 saturated carbocycles. The molecule has 134 valence electrons. The molecule has 0 spiro atoms. The van der Waals surface area contributed by atoms with Crippen molar-refractivity contribution in [3.63, 3.8) is 0 Å². The van der Waals surface area contributed by atoms with E-state index in [1.54, 1.807) is 0 Å². The predicted molar refractivity (Wildman–Crippen MR) is 97.3 cm³/mol. The van der Waals surface area contributed by atoms with Gasteiger partial charge < -0.3 is 10.4 Å². The van der Waals surface area contributed by atoms with E-state index in [4.69, 9.17) is 5.11 Å². The maximum absolute atomic E-state index is 12.1. The average molecular weight is 333 g/mol. The molecular weight excluding hydrogens is 302 g/mol. The van der Waals surface area contributed by atoms with E-state index in [0.717, 1.165) is 39.1 Å². The van der Waals surface area contributed by atoms with Crippen molar-refractivity contribution in [2.75, 3.05) is 52.4 Å². The van der Waals surface area contributed by atoms with E-state index in [1.165, 1.54) is 22.3 Å². The molecule has 0 aromatic heterocycles. The van der Waals surface area contributed by atoms with Crippen LogP contribution in [0.15, 0.2) is 12.1 Å². The van der Waals surface area contributed by atoms with Crippen molar-refractivity contribution < 1.29 is 9.90 Å². The standard InChI is InChI=1S/C19H31N3O2/c1-15-12-16(2)18(17(3)13-15)4-5-20-19(24)14-22-8-6-21(7-9-22)10-11-23/h12-13,23H,4-11,14H2,1-3H3,(H,20,24). The Bertz CT molecular complexity index is 529. The van der Waals surface area contributed by atoms with E-state index in [1.807, 2.05) is 0 Å². The Labute approximate surface area is 145 Å². The predicted octanol–water partition coefficient (Wildman–Crippen LogP) is 0.880. The van der Waals surface area contributed by atoms with Crippen LogP contribution in [0, 0.1) is 20.8 Å². The smallest absolute Gasteiger partial charge is 0.234 e. The lowest BCUT2D eigenvalue weighted by Gasteiger charge is -2.33. The second-order valence-electron chi connectivity index (χ2n) is 6.82. The van der Waals surface area contributed by atoms with Gasteiger partial charge in [-0.2, -0.15) is 0 Å². The first-order chi connectivity index (χ1) is 11.5. The summed E-state index contributed by atoms with van der Waals surface area (Å²) in [6, 6.07) is 4.41. The first-order valence-corrected chi connectivity index (χ1v) is 8.88. The van der Waals surface area contributed by atoms with Crippen LogP contribution >= 0.6 is 0 Å². The van der Waals surface area contributed by atoms with Crippen molar-refractivity contribution in [3.8, 4) is 0 Å². The minimum Gasteiger partial charge on any atom is -0.395 e. The Morgan fingerprint density at radius 3 is 2.25 bits per heavy atom. The molecule has 1 aromatic rings. The molecule has 0 radical (unpaired) electrons. The lowest BCUT2D eigenvalue weighted by molar-refractivity contribution is -0.122. The highest BCUT2D eigenvalue weighted by Crippen LogP contribution is 2.16. The Kier molecular flexibility index (Phi) is 7.21. The number of benzene rings is 1. The third kappa shape index (κ3) is 5.58. The fraction of sp³-hybridized carbons (Fsp3) is 0.632. The van der Waals surface area contributed by atoms with Gasteiger partial charge in [-0.25, -0.2) is 0 Å². The summed E-state index contributed by atoms with van der Waals surface area (Å²) in [7, 11) is 0. The van der Waals surface area contributed by atoms with E-state index in [2.05, 4.69) is 48.0 Å². The van der Waals surface area contributed by atoms with Gasteiger partial charge in [0.05, 0.1) is 13.2 Å². The van der Waals surface area contributed by atoms with Crippen molar-refractivity contribution >= 4 is 5.91 Å². The minimum absolute atomic E-state index is 0.105. The van der Waals surface area contributed by atoms with Crippen molar-refractivity contribution in [2.45, 2.75) is 27.2 Å². The van der Waals surface area contributed by atoms with Crippen molar-refractivity contribution in [1.29, 1.82) is 0 Å². The molecule has 1 aliphatic rings. The summed E-state index contributed by atoms with van der Waals surface area (Å²) in [4.78, 5) is 16.5. The Balaban J connectivity index is 1.71. The molecule has 2 N–H and O–H groups in total. The van der Waals surface area contributed by atoms with Gasteiger partial charge in [-0.3, -0.25) is 14.6 Å². The second-order valence-corrected chi connectivity index (χ2v) is 6.82. The van der Waals surface area contributed by atoms with Crippen LogP contribution in [0.3, 0.4) is 0 Å². The zero-order chi connectivity index (χ0) is 17.5. The first-order valence-electron chi connectivity index (χ1n) is 8.88. The molecule has 1 aromatic carbocycles. The van der Waals surface area contributed by atoms with Gasteiger partial charge in [0.15, 0.2) is 0 Å². The zero-order valence-electron chi connectivity index (χ0n) is 15.3. The number of carbonyl (C=O) groups excluding carboxylic acids is 1. The van der Waals surface area contributed by atoms with Gasteiger partial charge in [-0.1, -0.05) is 17.7 Å². The third-order valence-electron chi connectivity index (χ3n) is 4.79. The lowest BCUT2D eigenvalue weighted by atomic mass is 9.97. The number of β-amino-alcohol motifs (C(OH)–C–C–N with tert-alkyl or cyclic N) is 1. The van der Waals surface area contributed by atoms with Crippen LogP contribution < -0.4 is 5.32 Å². The maximum atomic E-state index is 12.1. The zero-order valence-corrected chi connectivity index (χ0v) is 15.3. The molecule has 0 unspecified atom stereocenters. The summed E-state index contributed by atoms with van der Waals surface area (Å²) in [5.41, 5.74) is 5.25. The number of nitrogens with one attached hydrogen (secondary N) is 1. The number of hydrogen-bond acceptors (Lipinski definition) is 4. The number of aryl methyl sites for hydroxylation is 3. The fourth-order valence-electron chi connectivity index (χ4n) is 3.50. The van der Waals surface area contributed by atoms with E-state index >= 15 is 0 Å². The minimum atomic E-state index is 0.105. The highest BCUT2D eigenvalue weighted by Gasteiger charge is 2.18. The molecule has 0 bridgehead atoms. The normalized spacial score (nSPS) is 16.3. The number of aliphatic hydroxyl groups excluding tert-OH is 1. The monoisotopic (exact) mass is 333 g/mol. The number of piperazine rings is 1. The third-order valence-corrected chi connectivity index (χ3v) is 4.79. The molecule has 2 rings (SSSR count). The quantitative estimate of drug-likeness (QED) is 0.778. The molecule has 0 aliphatic carbocycles. The number of nitrogens with zero attached hydrogens (tertiary/aromatic N) is 2. The van der Waals surface area contributed by atoms with Gasteiger partial charge in [0.25, 0.3) is 0 Å². The molecule has 0 atom stereocenters. The summed E-state index contributed by atoms with van der Waals surface area (Å²) in [5, 5.41) is 12.0. The van der Waals surface area contributed by atoms with Crippen LogP contribution in [-0.2, 0) is 11.2 Å². The Hall–Kier alpha value is -1.43. The van der Waals surface area contributed by atoms with Gasteiger partial charge in [-0.05, 0) is 43.9 Å². The highest BCUT2D eigenvalue weighted by molar-refractivity contribution is 5.78. The maximum Gasteiger partial charge on any atom is 0.234 e. The summed E-state index contributed by atoms with van der Waals surface area (Å²) in [5.74, 6) is 0.105. The molecular formula is C19H31N3O2. The molecule has 5 heteroatoms. The van der Waals surface area contributed by atoms with E-state index < -0.39 is 0 Å². The summed E-state index contributed by atoms with van der Waals surface area (Å²) in [6.45, 7) is 12.1. The van der Waals surface area contributed by atoms with Crippen LogP contribution in [-0.4, -0.2) is 73.2 Å². The van der Waals surface area contributed by atoms with E-state index in [-0.39, 0.29) is 12.5 Å². The van der Waals surface area contributed by atoms with Gasteiger partial charge in [0.1, 0.15) is 0 Å². The summed E-state index contributed by atoms with van der Waals surface area (Å²) >= 11 is 0. The average Bonchev–Trinajstić information content (AvgIpc) is 2.52. The SMILES string of the molecule is Cc1cc(C)c(CCNC(=O)CN2CCN(CCO)CC2)c(C)c1. The van der Waals surface area contributed by atoms with Crippen molar-refractivity contribution in [2.24, 2.45) is 0 Å². The molecule has 1 saturated heterocycles.